The van der Waals surface area contributed by atoms with Crippen LogP contribution >= 0.6 is 0 Å². The molecule has 109 valence electrons. The van der Waals surface area contributed by atoms with Crippen LogP contribution in [0.3, 0.4) is 0 Å². The van der Waals surface area contributed by atoms with Crippen molar-refractivity contribution in [3.05, 3.63) is 35.4 Å². The maximum atomic E-state index is 5.24. The average Bonchev–Trinajstić information content (AvgIpc) is 2.52. The third-order valence-electron chi connectivity index (χ3n) is 4.04. The molecule has 2 rings (SSSR count). The molecular weight excluding hydrogens is 246 g/mol. The Bertz CT molecular complexity index is 408. The Morgan fingerprint density at radius 2 is 2.05 bits per heavy atom. The van der Waals surface area contributed by atoms with Gasteiger partial charge < -0.3 is 4.84 Å². The lowest BCUT2D eigenvalue weighted by Crippen LogP contribution is -2.04. The first-order valence-corrected chi connectivity index (χ1v) is 8.08. The number of hydrogen-bond donors (Lipinski definition) is 0. The number of nitrogens with zero attached hydrogens (tertiary/aromatic N) is 1. The minimum atomic E-state index is 0.698. The highest BCUT2D eigenvalue weighted by molar-refractivity contribution is 5.79. The molecule has 0 saturated heterocycles. The third-order valence-corrected chi connectivity index (χ3v) is 4.04. The first kappa shape index (κ1) is 15.1. The molecule has 20 heavy (non-hydrogen) atoms. The molecule has 1 aliphatic carbocycles. The summed E-state index contributed by atoms with van der Waals surface area (Å²) in [7, 11) is 0. The normalized spacial score (nSPS) is 16.6. The Morgan fingerprint density at radius 3 is 2.85 bits per heavy atom. The van der Waals surface area contributed by atoms with Gasteiger partial charge in [-0.05, 0) is 36.8 Å². The lowest BCUT2D eigenvalue weighted by Gasteiger charge is -2.22. The van der Waals surface area contributed by atoms with Crippen LogP contribution < -0.4 is 0 Å². The van der Waals surface area contributed by atoms with Gasteiger partial charge in [-0.25, -0.2) is 0 Å². The van der Waals surface area contributed by atoms with Crippen molar-refractivity contribution in [3.8, 4) is 0 Å². The van der Waals surface area contributed by atoms with Gasteiger partial charge in [0.15, 0.2) is 0 Å². The minimum absolute atomic E-state index is 0.698. The molecule has 2 heteroatoms. The molecule has 0 amide bonds. The van der Waals surface area contributed by atoms with Crippen molar-refractivity contribution in [2.45, 2.75) is 64.2 Å². The Morgan fingerprint density at radius 1 is 1.20 bits per heavy atom. The monoisotopic (exact) mass is 272 g/mol. The van der Waals surface area contributed by atoms with Crippen LogP contribution in [0.4, 0.5) is 0 Å². The van der Waals surface area contributed by atoms with Crippen molar-refractivity contribution in [2.24, 2.45) is 5.16 Å². The lowest BCUT2D eigenvalue weighted by molar-refractivity contribution is 0.141. The summed E-state index contributed by atoms with van der Waals surface area (Å²) in [4.78, 5) is 5.24. The van der Waals surface area contributed by atoms with Gasteiger partial charge in [0.2, 0.25) is 0 Å². The van der Waals surface area contributed by atoms with Crippen LogP contribution in [-0.4, -0.2) is 12.8 Å². The van der Waals surface area contributed by atoms with Gasteiger partial charge >= 0.3 is 0 Å². The highest BCUT2D eigenvalue weighted by atomic mass is 16.6. The van der Waals surface area contributed by atoms with E-state index in [4.69, 9.17) is 4.84 Å². The zero-order valence-electron chi connectivity index (χ0n) is 12.6. The van der Waals surface area contributed by atoms with Crippen molar-refractivity contribution in [3.63, 3.8) is 0 Å². The SMILES string of the molecule is CCCCCO/N=[C]/c1cccc(C2CCCCC2)c1. The van der Waals surface area contributed by atoms with E-state index >= 15 is 0 Å². The Balaban J connectivity index is 1.84. The van der Waals surface area contributed by atoms with Crippen molar-refractivity contribution >= 4 is 6.21 Å². The van der Waals surface area contributed by atoms with E-state index in [0.29, 0.717) is 6.61 Å². The smallest absolute Gasteiger partial charge is 0.139 e. The van der Waals surface area contributed by atoms with E-state index in [-0.39, 0.29) is 0 Å². The average molecular weight is 272 g/mol. The molecule has 0 heterocycles. The number of unbranched alkanes of at least 4 members (excludes halogenated alkanes) is 2. The second-order valence-electron chi connectivity index (χ2n) is 5.70. The van der Waals surface area contributed by atoms with Crippen molar-refractivity contribution in [2.75, 3.05) is 6.61 Å². The van der Waals surface area contributed by atoms with Crippen LogP contribution in [-0.2, 0) is 4.84 Å². The van der Waals surface area contributed by atoms with Gasteiger partial charge in [-0.2, -0.15) is 0 Å². The van der Waals surface area contributed by atoms with E-state index in [0.717, 1.165) is 17.9 Å². The molecule has 0 aromatic heterocycles. The molecule has 0 N–H and O–H groups in total. The Hall–Kier alpha value is -1.31. The molecule has 1 aromatic carbocycles. The first-order chi connectivity index (χ1) is 9.90. The molecule has 1 aromatic rings. The van der Waals surface area contributed by atoms with Crippen LogP contribution in [0, 0.1) is 0 Å². The fourth-order valence-corrected chi connectivity index (χ4v) is 2.85. The summed E-state index contributed by atoms with van der Waals surface area (Å²) in [5, 5.41) is 3.95. The fraction of sp³-hybridized carbons (Fsp3) is 0.611. The maximum Gasteiger partial charge on any atom is 0.139 e. The van der Waals surface area contributed by atoms with Gasteiger partial charge in [0.05, 0.1) is 0 Å². The largest absolute Gasteiger partial charge is 0.395 e. The summed E-state index contributed by atoms with van der Waals surface area (Å²) in [6.45, 7) is 2.88. The molecule has 1 fully saturated rings. The van der Waals surface area contributed by atoms with Crippen molar-refractivity contribution in [1.29, 1.82) is 0 Å². The van der Waals surface area contributed by atoms with Crippen LogP contribution in [0.1, 0.15) is 75.3 Å². The fourth-order valence-electron chi connectivity index (χ4n) is 2.85. The minimum Gasteiger partial charge on any atom is -0.395 e. The standard InChI is InChI=1S/C18H26NO/c1-2-3-7-13-20-19-15-16-9-8-12-18(14-16)17-10-5-4-6-11-17/h8-9,12,14,17H,2-7,10-11,13H2,1H3. The van der Waals surface area contributed by atoms with Crippen molar-refractivity contribution < 1.29 is 4.84 Å². The third kappa shape index (κ3) is 4.99. The van der Waals surface area contributed by atoms with Gasteiger partial charge in [-0.3, -0.25) is 0 Å². The summed E-state index contributed by atoms with van der Waals surface area (Å²) < 4.78 is 0. The van der Waals surface area contributed by atoms with E-state index in [2.05, 4.69) is 36.5 Å². The van der Waals surface area contributed by atoms with Gasteiger partial charge in [0, 0.05) is 5.56 Å². The van der Waals surface area contributed by atoms with E-state index in [1.165, 1.54) is 50.5 Å². The summed E-state index contributed by atoms with van der Waals surface area (Å²) in [5.41, 5.74) is 2.47. The van der Waals surface area contributed by atoms with Gasteiger partial charge in [-0.15, -0.1) is 0 Å². The van der Waals surface area contributed by atoms with Gasteiger partial charge in [0.1, 0.15) is 12.8 Å². The molecule has 1 saturated carbocycles. The van der Waals surface area contributed by atoms with E-state index in [9.17, 15) is 0 Å². The predicted octanol–water partition coefficient (Wildman–Crippen LogP) is 5.15. The second-order valence-corrected chi connectivity index (χ2v) is 5.70. The molecule has 0 atom stereocenters. The van der Waals surface area contributed by atoms with Gasteiger partial charge in [-0.1, -0.05) is 62.4 Å². The lowest BCUT2D eigenvalue weighted by atomic mass is 9.84. The van der Waals surface area contributed by atoms with Crippen LogP contribution in [0.5, 0.6) is 0 Å². The molecule has 1 aliphatic rings. The molecule has 2 nitrogen and oxygen atoms in total. The summed E-state index contributed by atoms with van der Waals surface area (Å²) in [6.07, 6.45) is 13.3. The summed E-state index contributed by atoms with van der Waals surface area (Å²) in [5.74, 6) is 0.732. The van der Waals surface area contributed by atoms with Gasteiger partial charge in [0.25, 0.3) is 0 Å². The Kier molecular flexibility index (Phi) is 6.62. The summed E-state index contributed by atoms with van der Waals surface area (Å²) >= 11 is 0. The highest BCUT2D eigenvalue weighted by Gasteiger charge is 2.15. The molecule has 0 aliphatic heterocycles. The quantitative estimate of drug-likeness (QED) is 0.382. The van der Waals surface area contributed by atoms with Crippen molar-refractivity contribution in [1.82, 2.24) is 0 Å². The zero-order valence-corrected chi connectivity index (χ0v) is 12.6. The highest BCUT2D eigenvalue weighted by Crippen LogP contribution is 2.32. The number of hydrogen-bond acceptors (Lipinski definition) is 2. The second kappa shape index (κ2) is 8.78. The number of benzene rings is 1. The van der Waals surface area contributed by atoms with E-state index in [1.807, 2.05) is 6.07 Å². The maximum absolute atomic E-state index is 5.24. The van der Waals surface area contributed by atoms with E-state index < -0.39 is 0 Å². The predicted molar refractivity (Wildman–Crippen MR) is 84.3 cm³/mol. The van der Waals surface area contributed by atoms with E-state index in [1.54, 1.807) is 0 Å². The topological polar surface area (TPSA) is 21.6 Å². The van der Waals surface area contributed by atoms with Crippen LogP contribution in [0.15, 0.2) is 29.4 Å². The number of rotatable bonds is 7. The van der Waals surface area contributed by atoms with Crippen LogP contribution in [0.25, 0.3) is 0 Å². The van der Waals surface area contributed by atoms with Crippen LogP contribution in [0.2, 0.25) is 0 Å². The molecular formula is C18H26NO. The molecule has 1 radical (unpaired) electrons. The molecule has 0 spiro atoms. The molecule has 0 unspecified atom stereocenters. The summed E-state index contributed by atoms with van der Waals surface area (Å²) in [6, 6.07) is 8.61. The first-order valence-electron chi connectivity index (χ1n) is 8.08. The zero-order chi connectivity index (χ0) is 14.0. The molecule has 0 bridgehead atoms. The Labute approximate surface area is 123 Å².